The van der Waals surface area contributed by atoms with Gasteiger partial charge in [0.1, 0.15) is 11.5 Å². The summed E-state index contributed by atoms with van der Waals surface area (Å²) in [5, 5.41) is 4.55. The van der Waals surface area contributed by atoms with Crippen LogP contribution in [0.5, 0.6) is 11.5 Å². The minimum Gasteiger partial charge on any atom is -0.455 e. The lowest BCUT2D eigenvalue weighted by atomic mass is 9.65. The topological polar surface area (TPSA) is 12.5 Å². The lowest BCUT2D eigenvalue weighted by molar-refractivity contribution is 0.447. The van der Waals surface area contributed by atoms with E-state index in [1.54, 1.807) is 0 Å². The van der Waals surface area contributed by atoms with E-state index < -0.39 is 10.8 Å². The Balaban J connectivity index is 0.912. The van der Waals surface area contributed by atoms with E-state index in [0.717, 1.165) is 72.4 Å². The van der Waals surface area contributed by atoms with Crippen LogP contribution in [0.25, 0.3) is 66.1 Å². The van der Waals surface area contributed by atoms with Gasteiger partial charge in [0.2, 0.25) is 0 Å². The number of rotatable bonds is 7. The predicted molar refractivity (Wildman–Crippen MR) is 322 cm³/mol. The third-order valence-corrected chi connectivity index (χ3v) is 17.2. The summed E-state index contributed by atoms with van der Waals surface area (Å²) < 4.78 is 7.28. The number of anilines is 3. The van der Waals surface area contributed by atoms with Crippen molar-refractivity contribution in [2.24, 2.45) is 0 Å². The van der Waals surface area contributed by atoms with Gasteiger partial charge >= 0.3 is 0 Å². The summed E-state index contributed by atoms with van der Waals surface area (Å²) in [6.45, 7) is 0. The number of nitrogens with zero attached hydrogens (tertiary/aromatic N) is 1. The van der Waals surface area contributed by atoms with Crippen LogP contribution >= 0.6 is 0 Å². The molecule has 1 aliphatic heterocycles. The Bertz CT molecular complexity index is 4400. The van der Waals surface area contributed by atoms with E-state index in [1.165, 1.54) is 66.8 Å². The summed E-state index contributed by atoms with van der Waals surface area (Å²) >= 11 is 0. The van der Waals surface area contributed by atoms with Crippen LogP contribution in [0.3, 0.4) is 0 Å². The zero-order valence-electron chi connectivity index (χ0n) is 42.6. The third kappa shape index (κ3) is 6.20. The fourth-order valence-electron chi connectivity index (χ4n) is 14.0. The molecular formula is C76H49NO. The SMILES string of the molecule is c1ccc(-c2cccc(N(c3ccc(-c4cccc5c4-c4ccccc4C54c5ccc6ccccc6c5Oc5c4ccc4ccccc54)cc3)c3cccc4c3-c3ccccc3C4(c3ccccc3)c3ccccc3)c2)cc1. The van der Waals surface area contributed by atoms with Crippen LogP contribution in [0, 0.1) is 0 Å². The van der Waals surface area contributed by atoms with Crippen molar-refractivity contribution in [2.75, 3.05) is 4.90 Å². The van der Waals surface area contributed by atoms with E-state index in [2.05, 4.69) is 302 Å². The molecule has 13 aromatic carbocycles. The summed E-state index contributed by atoms with van der Waals surface area (Å²) in [6, 6.07) is 110. The van der Waals surface area contributed by atoms with Crippen LogP contribution in [0.4, 0.5) is 17.1 Å². The van der Waals surface area contributed by atoms with Gasteiger partial charge in [-0.3, -0.25) is 0 Å². The second kappa shape index (κ2) is 17.3. The Morgan fingerprint density at radius 3 is 1.38 bits per heavy atom. The van der Waals surface area contributed by atoms with E-state index in [1.807, 2.05) is 0 Å². The molecule has 0 unspecified atom stereocenters. The molecule has 78 heavy (non-hydrogen) atoms. The smallest absolute Gasteiger partial charge is 0.140 e. The first-order valence-corrected chi connectivity index (χ1v) is 27.1. The second-order valence-corrected chi connectivity index (χ2v) is 21.0. The molecule has 3 aliphatic rings. The van der Waals surface area contributed by atoms with Crippen LogP contribution < -0.4 is 9.64 Å². The zero-order chi connectivity index (χ0) is 51.4. The van der Waals surface area contributed by atoms with Crippen molar-refractivity contribution in [1.82, 2.24) is 0 Å². The summed E-state index contributed by atoms with van der Waals surface area (Å²) in [7, 11) is 0. The van der Waals surface area contributed by atoms with Crippen molar-refractivity contribution in [1.29, 1.82) is 0 Å². The molecule has 364 valence electrons. The van der Waals surface area contributed by atoms with Gasteiger partial charge in [-0.25, -0.2) is 0 Å². The maximum Gasteiger partial charge on any atom is 0.140 e. The van der Waals surface area contributed by atoms with Gasteiger partial charge in [-0.2, -0.15) is 0 Å². The first-order chi connectivity index (χ1) is 38.7. The highest BCUT2D eigenvalue weighted by Gasteiger charge is 2.53. The minimum atomic E-state index is -0.641. The van der Waals surface area contributed by atoms with Gasteiger partial charge in [-0.15, -0.1) is 0 Å². The molecular weight excluding hydrogens is 943 g/mol. The second-order valence-electron chi connectivity index (χ2n) is 21.0. The highest BCUT2D eigenvalue weighted by Crippen LogP contribution is 2.65. The van der Waals surface area contributed by atoms with Gasteiger partial charge < -0.3 is 9.64 Å². The summed E-state index contributed by atoms with van der Waals surface area (Å²) in [4.78, 5) is 2.49. The van der Waals surface area contributed by atoms with Crippen molar-refractivity contribution in [3.05, 3.63) is 342 Å². The number of ether oxygens (including phenoxy) is 1. The standard InChI is InChI=1S/C76H49NO/c1-4-21-50(22-5-1)54-25-18-30-58(49-54)77(70-40-20-39-67-72(70)63-34-15-16-36-64(63)75(67,55-26-6-2-7-27-55)56-28-8-3-9-29-56)57-45-41-53(42-46-57)59-35-19-38-66-71(59)62-33-14-17-37-65(62)76(66)68-47-43-51-23-10-12-31-60(51)73(68)78-74-61-32-13-11-24-52(61)44-48-69(74)76/h1-49H. The fraction of sp³-hybridized carbons (Fsp3) is 0.0263. The largest absolute Gasteiger partial charge is 0.455 e. The lowest BCUT2D eigenvalue weighted by Gasteiger charge is -2.40. The molecule has 0 atom stereocenters. The van der Waals surface area contributed by atoms with Gasteiger partial charge in [0.05, 0.1) is 16.5 Å². The zero-order valence-corrected chi connectivity index (χ0v) is 42.6. The fourth-order valence-corrected chi connectivity index (χ4v) is 14.0. The minimum absolute atomic E-state index is 0.543. The average molecular weight is 992 g/mol. The first kappa shape index (κ1) is 44.3. The van der Waals surface area contributed by atoms with E-state index in [-0.39, 0.29) is 0 Å². The molecule has 0 aromatic heterocycles. The monoisotopic (exact) mass is 991 g/mol. The number of benzene rings is 13. The van der Waals surface area contributed by atoms with Crippen LogP contribution in [-0.4, -0.2) is 0 Å². The summed E-state index contributed by atoms with van der Waals surface area (Å²) in [5.41, 5.74) is 21.7. The molecule has 0 fully saturated rings. The normalized spacial score (nSPS) is 13.7. The van der Waals surface area contributed by atoms with Crippen LogP contribution in [-0.2, 0) is 10.8 Å². The molecule has 0 N–H and O–H groups in total. The molecule has 1 heterocycles. The van der Waals surface area contributed by atoms with Crippen molar-refractivity contribution in [2.45, 2.75) is 10.8 Å². The Labute approximate surface area is 454 Å². The number of hydrogen-bond acceptors (Lipinski definition) is 2. The Kier molecular flexibility index (Phi) is 9.80. The van der Waals surface area contributed by atoms with E-state index in [0.29, 0.717) is 0 Å². The molecule has 0 saturated carbocycles. The maximum atomic E-state index is 7.28. The molecule has 2 aliphatic carbocycles. The molecule has 0 amide bonds. The van der Waals surface area contributed by atoms with Crippen molar-refractivity contribution >= 4 is 38.6 Å². The Morgan fingerprint density at radius 2 is 0.744 bits per heavy atom. The molecule has 0 bridgehead atoms. The van der Waals surface area contributed by atoms with Gasteiger partial charge in [-0.05, 0) is 113 Å². The van der Waals surface area contributed by atoms with Gasteiger partial charge in [0.25, 0.3) is 0 Å². The molecule has 1 spiro atoms. The van der Waals surface area contributed by atoms with Crippen LogP contribution in [0.15, 0.2) is 297 Å². The number of hydrogen-bond donors (Lipinski definition) is 0. The maximum absolute atomic E-state index is 7.28. The van der Waals surface area contributed by atoms with Crippen molar-refractivity contribution in [3.8, 4) is 56.0 Å². The third-order valence-electron chi connectivity index (χ3n) is 17.2. The molecule has 0 saturated heterocycles. The predicted octanol–water partition coefficient (Wildman–Crippen LogP) is 19.6. The Morgan fingerprint density at radius 1 is 0.269 bits per heavy atom. The average Bonchev–Trinajstić information content (AvgIpc) is 3.02. The molecule has 13 aromatic rings. The summed E-state index contributed by atoms with van der Waals surface area (Å²) in [5.74, 6) is 1.84. The molecule has 16 rings (SSSR count). The highest BCUT2D eigenvalue weighted by atomic mass is 16.5. The highest BCUT2D eigenvalue weighted by molar-refractivity contribution is 6.03. The molecule has 2 heteroatoms. The first-order valence-electron chi connectivity index (χ1n) is 27.1. The number of fused-ring (bicyclic) bond motifs is 16. The molecule has 0 radical (unpaired) electrons. The van der Waals surface area contributed by atoms with E-state index in [4.69, 9.17) is 4.74 Å². The van der Waals surface area contributed by atoms with E-state index in [9.17, 15) is 0 Å². The van der Waals surface area contributed by atoms with Crippen LogP contribution in [0.2, 0.25) is 0 Å². The van der Waals surface area contributed by atoms with Crippen LogP contribution in [0.1, 0.15) is 44.5 Å². The lowest BCUT2D eigenvalue weighted by Crippen LogP contribution is -2.32. The van der Waals surface area contributed by atoms with E-state index >= 15 is 0 Å². The van der Waals surface area contributed by atoms with Gasteiger partial charge in [0.15, 0.2) is 0 Å². The van der Waals surface area contributed by atoms with Crippen molar-refractivity contribution in [3.63, 3.8) is 0 Å². The summed E-state index contributed by atoms with van der Waals surface area (Å²) in [6.07, 6.45) is 0. The molecule has 2 nitrogen and oxygen atoms in total. The van der Waals surface area contributed by atoms with Gasteiger partial charge in [0, 0.05) is 38.8 Å². The quantitative estimate of drug-likeness (QED) is 0.158. The van der Waals surface area contributed by atoms with Crippen molar-refractivity contribution < 1.29 is 4.74 Å². The Hall–Kier alpha value is -10.0. The van der Waals surface area contributed by atoms with Gasteiger partial charge in [-0.1, -0.05) is 267 Å².